The van der Waals surface area contributed by atoms with Gasteiger partial charge in [0.2, 0.25) is 0 Å². The summed E-state index contributed by atoms with van der Waals surface area (Å²) < 4.78 is 26.6. The van der Waals surface area contributed by atoms with Crippen molar-refractivity contribution in [1.29, 1.82) is 0 Å². The van der Waals surface area contributed by atoms with Gasteiger partial charge in [-0.2, -0.15) is 0 Å². The first-order valence-electron chi connectivity index (χ1n) is 5.24. The molecule has 0 saturated carbocycles. The molecule has 0 aromatic heterocycles. The fourth-order valence-corrected chi connectivity index (χ4v) is 1.91. The van der Waals surface area contributed by atoms with E-state index in [0.29, 0.717) is 9.59 Å². The van der Waals surface area contributed by atoms with E-state index in [9.17, 15) is 8.78 Å². The summed E-state index contributed by atoms with van der Waals surface area (Å²) in [5, 5.41) is 5.96. The molecule has 0 fully saturated rings. The Morgan fingerprint density at radius 1 is 1.41 bits per heavy atom. The highest BCUT2D eigenvalue weighted by Gasteiger charge is 2.10. The Bertz CT molecular complexity index is 389. The summed E-state index contributed by atoms with van der Waals surface area (Å²) in [5.74, 6) is -1.32. The zero-order valence-corrected chi connectivity index (χ0v) is 11.7. The van der Waals surface area contributed by atoms with Gasteiger partial charge < -0.3 is 10.6 Å². The largest absolute Gasteiger partial charge is 0.362 e. The van der Waals surface area contributed by atoms with E-state index in [1.165, 1.54) is 6.07 Å². The molecule has 2 nitrogen and oxygen atoms in total. The molecule has 1 rings (SSSR count). The molecule has 94 valence electrons. The molecule has 1 aromatic rings. The molecule has 0 amide bonds. The van der Waals surface area contributed by atoms with Crippen molar-refractivity contribution in [2.75, 3.05) is 11.9 Å². The zero-order valence-electron chi connectivity index (χ0n) is 9.32. The van der Waals surface area contributed by atoms with Crippen LogP contribution in [0, 0.1) is 11.6 Å². The first-order valence-corrected chi connectivity index (χ1v) is 6.44. The molecule has 0 aliphatic rings. The van der Waals surface area contributed by atoms with Gasteiger partial charge in [-0.15, -0.1) is 0 Å². The Kier molecular flexibility index (Phi) is 5.77. The molecule has 1 aromatic carbocycles. The van der Waals surface area contributed by atoms with Crippen LogP contribution in [0.25, 0.3) is 0 Å². The van der Waals surface area contributed by atoms with Crippen LogP contribution in [0.5, 0.6) is 0 Å². The van der Waals surface area contributed by atoms with Crippen LogP contribution in [0.15, 0.2) is 16.6 Å². The molecule has 0 bridgehead atoms. The standard InChI is InChI=1S/C11H13BrF2N2S/c1-2-3-4-15-11(17)16-10-8(12)5-7(13)6-9(10)14/h5-6H,2-4H2,1H3,(H2,15,16,17). The summed E-state index contributed by atoms with van der Waals surface area (Å²) in [6, 6.07) is 1.99. The Morgan fingerprint density at radius 2 is 2.12 bits per heavy atom. The van der Waals surface area contributed by atoms with Crippen molar-refractivity contribution < 1.29 is 8.78 Å². The molecule has 0 aliphatic heterocycles. The van der Waals surface area contributed by atoms with Crippen molar-refractivity contribution in [2.45, 2.75) is 19.8 Å². The monoisotopic (exact) mass is 322 g/mol. The Morgan fingerprint density at radius 3 is 2.71 bits per heavy atom. The molecule has 0 saturated heterocycles. The molecule has 0 aliphatic carbocycles. The maximum absolute atomic E-state index is 13.4. The molecular formula is C11H13BrF2N2S. The first kappa shape index (κ1) is 14.3. The molecule has 0 radical (unpaired) electrons. The van der Waals surface area contributed by atoms with Crippen molar-refractivity contribution in [3.05, 3.63) is 28.2 Å². The minimum atomic E-state index is -0.684. The Hall–Kier alpha value is -0.750. The van der Waals surface area contributed by atoms with E-state index in [0.717, 1.165) is 25.5 Å². The van der Waals surface area contributed by atoms with E-state index in [1.807, 2.05) is 0 Å². The molecule has 0 spiro atoms. The summed E-state index contributed by atoms with van der Waals surface area (Å²) in [7, 11) is 0. The van der Waals surface area contributed by atoms with E-state index in [4.69, 9.17) is 12.2 Å². The number of hydrogen-bond acceptors (Lipinski definition) is 1. The maximum Gasteiger partial charge on any atom is 0.170 e. The predicted octanol–water partition coefficient (Wildman–Crippen LogP) is 3.81. The predicted molar refractivity (Wildman–Crippen MR) is 73.2 cm³/mol. The Balaban J connectivity index is 2.65. The third-order valence-electron chi connectivity index (χ3n) is 2.06. The van der Waals surface area contributed by atoms with Crippen molar-refractivity contribution in [1.82, 2.24) is 5.32 Å². The van der Waals surface area contributed by atoms with Crippen molar-refractivity contribution in [3.8, 4) is 0 Å². The third-order valence-corrected chi connectivity index (χ3v) is 2.93. The van der Waals surface area contributed by atoms with Crippen LogP contribution < -0.4 is 10.6 Å². The number of unbranched alkanes of at least 4 members (excludes halogenated alkanes) is 1. The van der Waals surface area contributed by atoms with E-state index >= 15 is 0 Å². The van der Waals surface area contributed by atoms with Crippen LogP contribution in [0.1, 0.15) is 19.8 Å². The van der Waals surface area contributed by atoms with Crippen LogP contribution >= 0.6 is 28.1 Å². The number of benzene rings is 1. The number of nitrogens with one attached hydrogen (secondary N) is 2. The lowest BCUT2D eigenvalue weighted by Gasteiger charge is -2.12. The van der Waals surface area contributed by atoms with Gasteiger partial charge in [0.15, 0.2) is 10.9 Å². The summed E-state index contributed by atoms with van der Waals surface area (Å²) in [4.78, 5) is 0. The molecule has 6 heteroatoms. The second-order valence-electron chi connectivity index (χ2n) is 3.48. The normalized spacial score (nSPS) is 10.1. The van der Waals surface area contributed by atoms with Gasteiger partial charge in [-0.3, -0.25) is 0 Å². The highest BCUT2D eigenvalue weighted by Crippen LogP contribution is 2.26. The number of hydrogen-bond donors (Lipinski definition) is 2. The average molecular weight is 323 g/mol. The van der Waals surface area contributed by atoms with Gasteiger partial charge in [-0.1, -0.05) is 13.3 Å². The van der Waals surface area contributed by atoms with Gasteiger partial charge in [0.1, 0.15) is 5.82 Å². The number of anilines is 1. The summed E-state index contributed by atoms with van der Waals surface area (Å²) >= 11 is 8.08. The number of rotatable bonds is 4. The molecule has 17 heavy (non-hydrogen) atoms. The Labute approximate surface area is 113 Å². The van der Waals surface area contributed by atoms with Gasteiger partial charge in [0, 0.05) is 17.1 Å². The van der Waals surface area contributed by atoms with Crippen LogP contribution in [-0.4, -0.2) is 11.7 Å². The highest BCUT2D eigenvalue weighted by molar-refractivity contribution is 9.10. The summed E-state index contributed by atoms with van der Waals surface area (Å²) in [6.07, 6.45) is 2.03. The van der Waals surface area contributed by atoms with Gasteiger partial charge >= 0.3 is 0 Å². The van der Waals surface area contributed by atoms with Crippen molar-refractivity contribution in [2.24, 2.45) is 0 Å². The molecule has 0 heterocycles. The summed E-state index contributed by atoms with van der Waals surface area (Å²) in [6.45, 7) is 2.79. The van der Waals surface area contributed by atoms with Crippen LogP contribution in [0.2, 0.25) is 0 Å². The van der Waals surface area contributed by atoms with E-state index in [2.05, 4.69) is 33.5 Å². The lowest BCUT2D eigenvalue weighted by molar-refractivity contribution is 0.584. The van der Waals surface area contributed by atoms with Gasteiger partial charge in [-0.05, 0) is 40.6 Å². The average Bonchev–Trinajstić information content (AvgIpc) is 2.24. The molecule has 0 atom stereocenters. The number of thiocarbonyl (C=S) groups is 1. The maximum atomic E-state index is 13.4. The minimum absolute atomic E-state index is 0.139. The van der Waals surface area contributed by atoms with Crippen molar-refractivity contribution >= 4 is 38.9 Å². The second-order valence-corrected chi connectivity index (χ2v) is 4.74. The van der Waals surface area contributed by atoms with E-state index in [-0.39, 0.29) is 5.69 Å². The van der Waals surface area contributed by atoms with Crippen LogP contribution in [0.4, 0.5) is 14.5 Å². The molecule has 2 N–H and O–H groups in total. The zero-order chi connectivity index (χ0) is 12.8. The minimum Gasteiger partial charge on any atom is -0.362 e. The van der Waals surface area contributed by atoms with Crippen LogP contribution in [0.3, 0.4) is 0 Å². The fraction of sp³-hybridized carbons (Fsp3) is 0.364. The smallest absolute Gasteiger partial charge is 0.170 e. The quantitative estimate of drug-likeness (QED) is 0.651. The topological polar surface area (TPSA) is 24.1 Å². The van der Waals surface area contributed by atoms with Crippen molar-refractivity contribution in [3.63, 3.8) is 0 Å². The van der Waals surface area contributed by atoms with Gasteiger partial charge in [-0.25, -0.2) is 8.78 Å². The second kappa shape index (κ2) is 6.86. The summed E-state index contributed by atoms with van der Waals surface area (Å²) in [5.41, 5.74) is 0.139. The fourth-order valence-electron chi connectivity index (χ4n) is 1.20. The lowest BCUT2D eigenvalue weighted by atomic mass is 10.3. The molecule has 0 unspecified atom stereocenters. The lowest BCUT2D eigenvalue weighted by Crippen LogP contribution is -2.29. The van der Waals surface area contributed by atoms with E-state index < -0.39 is 11.6 Å². The first-order chi connectivity index (χ1) is 8.04. The SMILES string of the molecule is CCCCNC(=S)Nc1c(F)cc(F)cc1Br. The van der Waals surface area contributed by atoms with E-state index in [1.54, 1.807) is 0 Å². The van der Waals surface area contributed by atoms with Crippen LogP contribution in [-0.2, 0) is 0 Å². The van der Waals surface area contributed by atoms with Gasteiger partial charge in [0.25, 0.3) is 0 Å². The third kappa shape index (κ3) is 4.55. The highest BCUT2D eigenvalue weighted by atomic mass is 79.9. The molecular weight excluding hydrogens is 310 g/mol. The number of halogens is 3. The van der Waals surface area contributed by atoms with Gasteiger partial charge in [0.05, 0.1) is 5.69 Å².